The summed E-state index contributed by atoms with van der Waals surface area (Å²) in [7, 11) is 1.60. The highest BCUT2D eigenvalue weighted by Crippen LogP contribution is 2.28. The molecule has 0 aliphatic rings. The molecule has 100 valence electrons. The summed E-state index contributed by atoms with van der Waals surface area (Å²) in [6, 6.07) is 4.60. The van der Waals surface area contributed by atoms with E-state index >= 15 is 0 Å². The Morgan fingerprint density at radius 1 is 1.58 bits per heavy atom. The zero-order chi connectivity index (χ0) is 14.0. The number of benzene rings is 1. The van der Waals surface area contributed by atoms with Crippen LogP contribution < -0.4 is 5.69 Å². The summed E-state index contributed by atoms with van der Waals surface area (Å²) in [4.78, 5) is 21.4. The quantitative estimate of drug-likeness (QED) is 0.529. The van der Waals surface area contributed by atoms with Gasteiger partial charge in [0.25, 0.3) is 5.69 Å². The van der Waals surface area contributed by atoms with Crippen LogP contribution in [0.1, 0.15) is 5.56 Å². The highest BCUT2D eigenvalue weighted by Gasteiger charge is 2.13. The molecule has 1 aromatic carbocycles. The van der Waals surface area contributed by atoms with Crippen molar-refractivity contribution in [2.75, 3.05) is 0 Å². The number of aromatic amines is 1. The predicted octanol–water partition coefficient (Wildman–Crippen LogP) is 1.96. The Kier molecular flexibility index (Phi) is 3.91. The lowest BCUT2D eigenvalue weighted by molar-refractivity contribution is -0.384. The largest absolute Gasteiger partial charge is 0.343 e. The van der Waals surface area contributed by atoms with E-state index in [-0.39, 0.29) is 16.4 Å². The number of nitrogens with zero attached hydrogens (tertiary/aromatic N) is 3. The molecule has 0 radical (unpaired) electrons. The second-order valence-corrected chi connectivity index (χ2v) is 5.05. The molecule has 0 bridgehead atoms. The van der Waals surface area contributed by atoms with E-state index in [0.717, 1.165) is 5.56 Å². The Labute approximate surface area is 116 Å². The summed E-state index contributed by atoms with van der Waals surface area (Å²) in [5, 5.41) is 17.5. The summed E-state index contributed by atoms with van der Waals surface area (Å²) in [5.41, 5.74) is 0.303. The van der Waals surface area contributed by atoms with Gasteiger partial charge in [0, 0.05) is 18.9 Å². The van der Waals surface area contributed by atoms with Crippen LogP contribution in [0.2, 0.25) is 5.02 Å². The average Bonchev–Trinajstić information content (AvgIpc) is 2.69. The minimum absolute atomic E-state index is 0.103. The third kappa shape index (κ3) is 2.96. The Morgan fingerprint density at radius 2 is 2.32 bits per heavy atom. The Balaban J connectivity index is 2.16. The van der Waals surface area contributed by atoms with Gasteiger partial charge in [-0.1, -0.05) is 29.4 Å². The first-order valence-corrected chi connectivity index (χ1v) is 6.52. The molecule has 9 heteroatoms. The van der Waals surface area contributed by atoms with Crippen molar-refractivity contribution < 1.29 is 4.92 Å². The molecule has 0 aliphatic carbocycles. The maximum absolute atomic E-state index is 11.2. The first-order chi connectivity index (χ1) is 8.99. The van der Waals surface area contributed by atoms with Crippen molar-refractivity contribution in [1.82, 2.24) is 14.8 Å². The lowest BCUT2D eigenvalue weighted by Gasteiger charge is -2.02. The molecule has 0 saturated carbocycles. The molecular weight excluding hydrogens is 292 g/mol. The van der Waals surface area contributed by atoms with Crippen molar-refractivity contribution in [3.8, 4) is 0 Å². The van der Waals surface area contributed by atoms with Crippen molar-refractivity contribution in [3.63, 3.8) is 0 Å². The zero-order valence-electron chi connectivity index (χ0n) is 9.79. The lowest BCUT2D eigenvalue weighted by Crippen LogP contribution is -2.12. The van der Waals surface area contributed by atoms with Crippen LogP contribution in [0.4, 0.5) is 5.69 Å². The monoisotopic (exact) mass is 300 g/mol. The maximum Gasteiger partial charge on any atom is 0.343 e. The van der Waals surface area contributed by atoms with Crippen molar-refractivity contribution in [1.29, 1.82) is 0 Å². The van der Waals surface area contributed by atoms with Crippen molar-refractivity contribution in [3.05, 3.63) is 49.4 Å². The van der Waals surface area contributed by atoms with Gasteiger partial charge in [-0.25, -0.2) is 9.89 Å². The first-order valence-electron chi connectivity index (χ1n) is 5.16. The van der Waals surface area contributed by atoms with Crippen LogP contribution in [0.3, 0.4) is 0 Å². The highest BCUT2D eigenvalue weighted by molar-refractivity contribution is 7.98. The standard InChI is InChI=1S/C10H9ClN4O3S/c1-14-9(16)12-13-10(14)19-5-6-2-3-7(11)8(4-6)15(17)18/h2-4H,5H2,1H3,(H,12,16). The SMILES string of the molecule is Cn1c(SCc2ccc(Cl)c([N+](=O)[O-])c2)n[nH]c1=O. The molecule has 1 N–H and O–H groups in total. The summed E-state index contributed by atoms with van der Waals surface area (Å²) < 4.78 is 1.37. The van der Waals surface area contributed by atoms with E-state index in [0.29, 0.717) is 10.9 Å². The molecular formula is C10H9ClN4O3S. The summed E-state index contributed by atoms with van der Waals surface area (Å²) in [5.74, 6) is 0.455. The fraction of sp³-hybridized carbons (Fsp3) is 0.200. The summed E-state index contributed by atoms with van der Waals surface area (Å²) in [6.45, 7) is 0. The summed E-state index contributed by atoms with van der Waals surface area (Å²) >= 11 is 7.03. The molecule has 2 aromatic rings. The van der Waals surface area contributed by atoms with E-state index < -0.39 is 4.92 Å². The lowest BCUT2D eigenvalue weighted by atomic mass is 10.2. The van der Waals surface area contributed by atoms with E-state index in [9.17, 15) is 14.9 Å². The Hall–Kier alpha value is -1.80. The zero-order valence-corrected chi connectivity index (χ0v) is 11.4. The number of nitrogens with one attached hydrogen (secondary N) is 1. The third-order valence-electron chi connectivity index (χ3n) is 2.41. The van der Waals surface area contributed by atoms with Gasteiger partial charge in [-0.2, -0.15) is 0 Å². The fourth-order valence-corrected chi connectivity index (χ4v) is 2.45. The number of hydrogen-bond donors (Lipinski definition) is 1. The molecule has 0 amide bonds. The molecule has 0 atom stereocenters. The van der Waals surface area contributed by atoms with Crippen LogP contribution in [-0.4, -0.2) is 19.7 Å². The molecule has 7 nitrogen and oxygen atoms in total. The highest BCUT2D eigenvalue weighted by atomic mass is 35.5. The number of rotatable bonds is 4. The molecule has 1 aromatic heterocycles. The maximum atomic E-state index is 11.2. The third-order valence-corrected chi connectivity index (χ3v) is 3.83. The van der Waals surface area contributed by atoms with Gasteiger partial charge in [0.1, 0.15) is 5.02 Å². The van der Waals surface area contributed by atoms with Gasteiger partial charge in [-0.15, -0.1) is 5.10 Å². The van der Waals surface area contributed by atoms with E-state index in [1.807, 2.05) is 0 Å². The van der Waals surface area contributed by atoms with Gasteiger partial charge in [0.2, 0.25) is 0 Å². The van der Waals surface area contributed by atoms with E-state index in [1.54, 1.807) is 13.1 Å². The molecule has 0 spiro atoms. The van der Waals surface area contributed by atoms with Gasteiger partial charge in [-0.3, -0.25) is 14.7 Å². The van der Waals surface area contributed by atoms with Crippen LogP contribution in [0.5, 0.6) is 0 Å². The molecule has 0 fully saturated rings. The van der Waals surface area contributed by atoms with Crippen molar-refractivity contribution in [2.45, 2.75) is 10.9 Å². The minimum Gasteiger partial charge on any atom is -0.273 e. The molecule has 1 heterocycles. The normalized spacial score (nSPS) is 10.6. The van der Waals surface area contributed by atoms with Gasteiger partial charge < -0.3 is 0 Å². The van der Waals surface area contributed by atoms with Gasteiger partial charge in [0.15, 0.2) is 5.16 Å². The molecule has 19 heavy (non-hydrogen) atoms. The van der Waals surface area contributed by atoms with E-state index in [4.69, 9.17) is 11.6 Å². The number of nitro benzene ring substituents is 1. The Bertz CT molecular complexity index is 682. The van der Waals surface area contributed by atoms with Gasteiger partial charge in [0.05, 0.1) is 4.92 Å². The number of halogens is 1. The minimum atomic E-state index is -0.527. The van der Waals surface area contributed by atoms with Crippen molar-refractivity contribution >= 4 is 29.1 Å². The predicted molar refractivity (Wildman–Crippen MR) is 71.5 cm³/mol. The number of H-pyrrole nitrogens is 1. The topological polar surface area (TPSA) is 93.8 Å². The van der Waals surface area contributed by atoms with Gasteiger partial charge >= 0.3 is 5.69 Å². The fourth-order valence-electron chi connectivity index (χ4n) is 1.40. The molecule has 0 aliphatic heterocycles. The van der Waals surface area contributed by atoms with Crippen LogP contribution in [0.15, 0.2) is 28.2 Å². The number of hydrogen-bond acceptors (Lipinski definition) is 5. The van der Waals surface area contributed by atoms with Crippen molar-refractivity contribution in [2.24, 2.45) is 7.05 Å². The molecule has 0 saturated heterocycles. The van der Waals surface area contributed by atoms with Crippen LogP contribution in [-0.2, 0) is 12.8 Å². The number of nitro groups is 1. The van der Waals surface area contributed by atoms with Crippen LogP contribution >= 0.6 is 23.4 Å². The second kappa shape index (κ2) is 5.45. The van der Waals surface area contributed by atoms with Crippen LogP contribution in [0.25, 0.3) is 0 Å². The number of aromatic nitrogens is 3. The first kappa shape index (κ1) is 13.6. The van der Waals surface area contributed by atoms with E-state index in [2.05, 4.69) is 10.2 Å². The summed E-state index contributed by atoms with van der Waals surface area (Å²) in [6.07, 6.45) is 0. The smallest absolute Gasteiger partial charge is 0.273 e. The number of thioether (sulfide) groups is 1. The van der Waals surface area contributed by atoms with E-state index in [1.165, 1.54) is 28.5 Å². The molecule has 2 rings (SSSR count). The van der Waals surface area contributed by atoms with Crippen LogP contribution in [0, 0.1) is 10.1 Å². The Morgan fingerprint density at radius 3 is 2.89 bits per heavy atom. The van der Waals surface area contributed by atoms with Gasteiger partial charge in [-0.05, 0) is 11.6 Å². The second-order valence-electron chi connectivity index (χ2n) is 3.70. The average molecular weight is 301 g/mol. The molecule has 0 unspecified atom stereocenters.